The van der Waals surface area contributed by atoms with E-state index in [1.807, 2.05) is 0 Å². The van der Waals surface area contributed by atoms with Crippen LogP contribution in [0.3, 0.4) is 0 Å². The maximum absolute atomic E-state index is 9.50. The quantitative estimate of drug-likeness (QED) is 0.450. The van der Waals surface area contributed by atoms with E-state index in [1.165, 1.54) is 0 Å². The monoisotopic (exact) mass is 245 g/mol. The van der Waals surface area contributed by atoms with Crippen LogP contribution in [-0.2, 0) is 11.3 Å². The Morgan fingerprint density at radius 1 is 1.29 bits per heavy atom. The number of ether oxygens (including phenoxy) is 1. The summed E-state index contributed by atoms with van der Waals surface area (Å²) in [5.74, 6) is 0.709. The molecule has 17 heavy (non-hydrogen) atoms. The number of nitrogens with one attached hydrogen (secondary N) is 1. The molecule has 0 amide bonds. The van der Waals surface area contributed by atoms with E-state index < -0.39 is 12.2 Å². The highest BCUT2D eigenvalue weighted by atomic mass is 16.5. The Morgan fingerprint density at radius 3 is 2.71 bits per heavy atom. The molecule has 1 heterocycles. The molecule has 0 aromatic carbocycles. The normalized spacial score (nSPS) is 14.8. The predicted octanol–water partition coefficient (Wildman–Crippen LogP) is -0.900. The maximum Gasteiger partial charge on any atom is 0.129 e. The van der Waals surface area contributed by atoms with Gasteiger partial charge in [0, 0.05) is 13.1 Å². The molecule has 0 saturated heterocycles. The molecule has 1 aromatic rings. The predicted molar refractivity (Wildman–Crippen MR) is 60.3 cm³/mol. The lowest BCUT2D eigenvalue weighted by Crippen LogP contribution is -2.36. The van der Waals surface area contributed by atoms with Crippen LogP contribution in [0, 0.1) is 0 Å². The number of hydrogen-bond acceptors (Lipinski definition) is 6. The van der Waals surface area contributed by atoms with Gasteiger partial charge in [-0.2, -0.15) is 0 Å². The van der Waals surface area contributed by atoms with Gasteiger partial charge in [0.25, 0.3) is 0 Å². The molecule has 0 fully saturated rings. The van der Waals surface area contributed by atoms with Gasteiger partial charge in [0.05, 0.1) is 31.7 Å². The van der Waals surface area contributed by atoms with E-state index in [-0.39, 0.29) is 19.8 Å². The molecule has 2 atom stereocenters. The molecule has 0 saturated carbocycles. The minimum absolute atomic E-state index is 0.183. The summed E-state index contributed by atoms with van der Waals surface area (Å²) in [6, 6.07) is 3.56. The van der Waals surface area contributed by atoms with Crippen LogP contribution in [0.1, 0.15) is 5.76 Å². The van der Waals surface area contributed by atoms with E-state index in [2.05, 4.69) is 5.32 Å². The Labute approximate surface area is 99.8 Å². The average Bonchev–Trinajstić information content (AvgIpc) is 2.82. The first-order chi connectivity index (χ1) is 8.22. The summed E-state index contributed by atoms with van der Waals surface area (Å²) in [5, 5.41) is 29.9. The van der Waals surface area contributed by atoms with Crippen molar-refractivity contribution in [2.45, 2.75) is 18.8 Å². The summed E-state index contributed by atoms with van der Waals surface area (Å²) in [7, 11) is 0. The topological polar surface area (TPSA) is 95.1 Å². The van der Waals surface area contributed by atoms with Crippen molar-refractivity contribution >= 4 is 0 Å². The number of rotatable bonds is 9. The lowest BCUT2D eigenvalue weighted by Gasteiger charge is -2.13. The minimum Gasteiger partial charge on any atom is -0.467 e. The van der Waals surface area contributed by atoms with Crippen molar-refractivity contribution in [2.75, 3.05) is 26.3 Å². The lowest BCUT2D eigenvalue weighted by molar-refractivity contribution is 0.0201. The second-order valence-corrected chi connectivity index (χ2v) is 3.74. The van der Waals surface area contributed by atoms with Crippen LogP contribution >= 0.6 is 0 Å². The van der Waals surface area contributed by atoms with Gasteiger partial charge in [-0.3, -0.25) is 0 Å². The van der Waals surface area contributed by atoms with Gasteiger partial charge in [-0.1, -0.05) is 0 Å². The van der Waals surface area contributed by atoms with Crippen molar-refractivity contribution in [3.63, 3.8) is 0 Å². The standard InChI is InChI=1S/C11H19NO5/c13-6-9(14)4-12-5-10(15)7-16-8-11-2-1-3-17-11/h1-3,9-10,12-15H,4-8H2. The number of furan rings is 1. The van der Waals surface area contributed by atoms with Gasteiger partial charge >= 0.3 is 0 Å². The van der Waals surface area contributed by atoms with Gasteiger partial charge in [0.15, 0.2) is 0 Å². The van der Waals surface area contributed by atoms with Crippen LogP contribution < -0.4 is 5.32 Å². The highest BCUT2D eigenvalue weighted by Crippen LogP contribution is 2.01. The second-order valence-electron chi connectivity index (χ2n) is 3.74. The summed E-state index contributed by atoms with van der Waals surface area (Å²) in [5.41, 5.74) is 0. The fourth-order valence-electron chi connectivity index (χ4n) is 1.23. The first-order valence-corrected chi connectivity index (χ1v) is 5.50. The summed E-state index contributed by atoms with van der Waals surface area (Å²) in [4.78, 5) is 0. The molecule has 6 nitrogen and oxygen atoms in total. The number of aliphatic hydroxyl groups is 3. The van der Waals surface area contributed by atoms with Crippen LogP contribution in [0.2, 0.25) is 0 Å². The molecule has 1 rings (SSSR count). The smallest absolute Gasteiger partial charge is 0.129 e. The Kier molecular flexibility index (Phi) is 6.83. The van der Waals surface area contributed by atoms with Crippen LogP contribution in [0.5, 0.6) is 0 Å². The summed E-state index contributed by atoms with van der Waals surface area (Å²) >= 11 is 0. The average molecular weight is 245 g/mol. The molecule has 0 aliphatic carbocycles. The number of hydrogen-bond donors (Lipinski definition) is 4. The molecule has 98 valence electrons. The van der Waals surface area contributed by atoms with Crippen molar-refractivity contribution in [3.8, 4) is 0 Å². The van der Waals surface area contributed by atoms with Crippen molar-refractivity contribution in [1.29, 1.82) is 0 Å². The molecule has 0 radical (unpaired) electrons. The minimum atomic E-state index is -0.800. The van der Waals surface area contributed by atoms with Crippen molar-refractivity contribution in [2.24, 2.45) is 0 Å². The summed E-state index contributed by atoms with van der Waals surface area (Å²) < 4.78 is 10.3. The van der Waals surface area contributed by atoms with Gasteiger partial charge < -0.3 is 29.8 Å². The lowest BCUT2D eigenvalue weighted by atomic mass is 10.3. The van der Waals surface area contributed by atoms with Gasteiger partial charge in [0.1, 0.15) is 12.4 Å². The number of aliphatic hydroxyl groups excluding tert-OH is 3. The molecule has 2 unspecified atom stereocenters. The van der Waals surface area contributed by atoms with E-state index in [9.17, 15) is 5.11 Å². The van der Waals surface area contributed by atoms with Gasteiger partial charge in [0.2, 0.25) is 0 Å². The van der Waals surface area contributed by atoms with E-state index >= 15 is 0 Å². The Balaban J connectivity index is 1.99. The van der Waals surface area contributed by atoms with Gasteiger partial charge in [-0.25, -0.2) is 0 Å². The van der Waals surface area contributed by atoms with Crippen LogP contribution in [0.15, 0.2) is 22.8 Å². The Hall–Kier alpha value is -0.920. The Bertz CT molecular complexity index is 277. The van der Waals surface area contributed by atoms with E-state index in [4.69, 9.17) is 19.4 Å². The molecule has 0 aliphatic rings. The molecule has 6 heteroatoms. The molecule has 0 aliphatic heterocycles. The fourth-order valence-corrected chi connectivity index (χ4v) is 1.23. The van der Waals surface area contributed by atoms with Gasteiger partial charge in [-0.15, -0.1) is 0 Å². The van der Waals surface area contributed by atoms with E-state index in [0.29, 0.717) is 18.9 Å². The second kappa shape index (κ2) is 8.21. The fraction of sp³-hybridized carbons (Fsp3) is 0.636. The zero-order valence-electron chi connectivity index (χ0n) is 9.58. The third-order valence-corrected chi connectivity index (χ3v) is 2.11. The third kappa shape index (κ3) is 6.40. The summed E-state index contributed by atoms with van der Waals surface area (Å²) in [6.45, 7) is 0.755. The van der Waals surface area contributed by atoms with Crippen molar-refractivity contribution < 1.29 is 24.5 Å². The third-order valence-electron chi connectivity index (χ3n) is 2.11. The highest BCUT2D eigenvalue weighted by molar-refractivity contribution is 4.96. The molecular weight excluding hydrogens is 226 g/mol. The van der Waals surface area contributed by atoms with Crippen LogP contribution in [0.4, 0.5) is 0 Å². The molecule has 4 N–H and O–H groups in total. The van der Waals surface area contributed by atoms with Crippen molar-refractivity contribution in [1.82, 2.24) is 5.32 Å². The van der Waals surface area contributed by atoms with Crippen LogP contribution in [0.25, 0.3) is 0 Å². The largest absolute Gasteiger partial charge is 0.467 e. The van der Waals surface area contributed by atoms with E-state index in [1.54, 1.807) is 18.4 Å². The first kappa shape index (κ1) is 14.1. The Morgan fingerprint density at radius 2 is 2.06 bits per heavy atom. The molecule has 1 aromatic heterocycles. The van der Waals surface area contributed by atoms with E-state index in [0.717, 1.165) is 0 Å². The first-order valence-electron chi connectivity index (χ1n) is 5.50. The molecule has 0 spiro atoms. The van der Waals surface area contributed by atoms with Crippen molar-refractivity contribution in [3.05, 3.63) is 24.2 Å². The van der Waals surface area contributed by atoms with Crippen LogP contribution in [-0.4, -0.2) is 53.8 Å². The zero-order valence-corrected chi connectivity index (χ0v) is 9.58. The molecule has 0 bridgehead atoms. The zero-order chi connectivity index (χ0) is 12.5. The van der Waals surface area contributed by atoms with Gasteiger partial charge in [-0.05, 0) is 12.1 Å². The molecular formula is C11H19NO5. The maximum atomic E-state index is 9.50. The summed E-state index contributed by atoms with van der Waals surface area (Å²) in [6.07, 6.45) is 0.106. The SMILES string of the molecule is OCC(O)CNCC(O)COCc1ccco1. The highest BCUT2D eigenvalue weighted by Gasteiger charge is 2.06.